The lowest BCUT2D eigenvalue weighted by molar-refractivity contribution is -0.119. The smallest absolute Gasteiger partial charge is 0.233 e. The van der Waals surface area contributed by atoms with Gasteiger partial charge in [0.2, 0.25) is 5.91 Å². The Hall–Kier alpha value is -0.870. The van der Waals surface area contributed by atoms with Crippen molar-refractivity contribution in [1.29, 1.82) is 0 Å². The number of carbonyl (C=O) groups is 1. The molecular weight excluding hydrogens is 256 g/mol. The van der Waals surface area contributed by atoms with Crippen molar-refractivity contribution in [3.8, 4) is 0 Å². The first-order valence-corrected chi connectivity index (χ1v) is 5.59. The van der Waals surface area contributed by atoms with Crippen LogP contribution in [0.25, 0.3) is 0 Å². The molecule has 1 aromatic rings. The first-order valence-electron chi connectivity index (χ1n) is 4.80. The second-order valence-electron chi connectivity index (χ2n) is 3.36. The van der Waals surface area contributed by atoms with Crippen LogP contribution in [0.1, 0.15) is 11.1 Å². The zero-order chi connectivity index (χ0) is 11.3. The number of benzene rings is 1. The van der Waals surface area contributed by atoms with Gasteiger partial charge in [0.1, 0.15) is 0 Å². The quantitative estimate of drug-likeness (QED) is 0.873. The molecule has 2 N–H and O–H groups in total. The van der Waals surface area contributed by atoms with E-state index in [2.05, 4.69) is 44.8 Å². The maximum atomic E-state index is 10.9. The van der Waals surface area contributed by atoms with Crippen LogP contribution in [-0.4, -0.2) is 19.5 Å². The predicted molar refractivity (Wildman–Crippen MR) is 64.7 cm³/mol. The molecule has 0 radical (unpaired) electrons. The van der Waals surface area contributed by atoms with Crippen LogP contribution in [0, 0.1) is 6.92 Å². The molecule has 0 atom stereocenters. The van der Waals surface area contributed by atoms with Gasteiger partial charge >= 0.3 is 0 Å². The molecule has 0 aliphatic heterocycles. The molecule has 0 aromatic heterocycles. The van der Waals surface area contributed by atoms with Gasteiger partial charge in [0.15, 0.2) is 0 Å². The Labute approximate surface area is 98.4 Å². The summed E-state index contributed by atoms with van der Waals surface area (Å²) >= 11 is 3.47. The van der Waals surface area contributed by atoms with E-state index >= 15 is 0 Å². The first kappa shape index (κ1) is 12.2. The third kappa shape index (κ3) is 4.01. The summed E-state index contributed by atoms with van der Waals surface area (Å²) < 4.78 is 1.10. The first-order chi connectivity index (χ1) is 7.13. The minimum Gasteiger partial charge on any atom is -0.358 e. The second-order valence-corrected chi connectivity index (χ2v) is 4.21. The molecule has 1 amide bonds. The van der Waals surface area contributed by atoms with Crippen LogP contribution in [-0.2, 0) is 11.3 Å². The third-order valence-electron chi connectivity index (χ3n) is 2.13. The molecule has 3 nitrogen and oxygen atoms in total. The van der Waals surface area contributed by atoms with Crippen molar-refractivity contribution in [1.82, 2.24) is 10.6 Å². The summed E-state index contributed by atoms with van der Waals surface area (Å²) in [6, 6.07) is 6.17. The van der Waals surface area contributed by atoms with Crippen LogP contribution >= 0.6 is 15.9 Å². The summed E-state index contributed by atoms with van der Waals surface area (Å²) in [5.74, 6) is 0.00109. The number of nitrogens with one attached hydrogen (secondary N) is 2. The second kappa shape index (κ2) is 5.88. The summed E-state index contributed by atoms with van der Waals surface area (Å²) in [7, 11) is 1.63. The van der Waals surface area contributed by atoms with Gasteiger partial charge in [-0.25, -0.2) is 0 Å². The van der Waals surface area contributed by atoms with Crippen LogP contribution in [0.2, 0.25) is 0 Å². The normalized spacial score (nSPS) is 10.1. The van der Waals surface area contributed by atoms with Crippen molar-refractivity contribution in [2.75, 3.05) is 13.6 Å². The van der Waals surface area contributed by atoms with Crippen molar-refractivity contribution in [3.05, 3.63) is 33.8 Å². The number of hydrogen-bond donors (Lipinski definition) is 2. The van der Waals surface area contributed by atoms with Gasteiger partial charge < -0.3 is 10.6 Å². The largest absolute Gasteiger partial charge is 0.358 e. The van der Waals surface area contributed by atoms with Gasteiger partial charge in [-0.2, -0.15) is 0 Å². The Bertz CT molecular complexity index is 352. The molecule has 0 saturated carbocycles. The average Bonchev–Trinajstić information content (AvgIpc) is 2.23. The fourth-order valence-corrected chi connectivity index (χ4v) is 1.58. The number of rotatable bonds is 4. The van der Waals surface area contributed by atoms with Crippen LogP contribution < -0.4 is 10.6 Å². The van der Waals surface area contributed by atoms with E-state index in [0.29, 0.717) is 13.1 Å². The van der Waals surface area contributed by atoms with Gasteiger partial charge in [-0.1, -0.05) is 28.1 Å². The zero-order valence-corrected chi connectivity index (χ0v) is 10.5. The Morgan fingerprint density at radius 2 is 2.20 bits per heavy atom. The molecule has 1 rings (SSSR count). The Kier molecular flexibility index (Phi) is 4.78. The van der Waals surface area contributed by atoms with Crippen LogP contribution in [0.4, 0.5) is 0 Å². The molecule has 15 heavy (non-hydrogen) atoms. The van der Waals surface area contributed by atoms with Crippen molar-refractivity contribution in [2.24, 2.45) is 0 Å². The van der Waals surface area contributed by atoms with E-state index in [-0.39, 0.29) is 5.91 Å². The molecule has 0 saturated heterocycles. The molecule has 0 spiro atoms. The van der Waals surface area contributed by atoms with Gasteiger partial charge in [-0.05, 0) is 24.1 Å². The number of carbonyl (C=O) groups excluding carboxylic acids is 1. The lowest BCUT2D eigenvalue weighted by Crippen LogP contribution is -2.30. The highest BCUT2D eigenvalue weighted by Crippen LogP contribution is 2.17. The number of likely N-dealkylation sites (N-methyl/N-ethyl adjacent to an activating group) is 1. The molecule has 4 heteroatoms. The molecule has 82 valence electrons. The minimum absolute atomic E-state index is 0.00109. The summed E-state index contributed by atoms with van der Waals surface area (Å²) in [5, 5.41) is 5.63. The van der Waals surface area contributed by atoms with Crippen molar-refractivity contribution < 1.29 is 4.79 Å². The highest BCUT2D eigenvalue weighted by molar-refractivity contribution is 9.10. The number of hydrogen-bond acceptors (Lipinski definition) is 2. The van der Waals surface area contributed by atoms with E-state index in [1.54, 1.807) is 7.05 Å². The van der Waals surface area contributed by atoms with Gasteiger partial charge in [-0.3, -0.25) is 4.79 Å². The van der Waals surface area contributed by atoms with E-state index in [0.717, 1.165) is 10.0 Å². The predicted octanol–water partition coefficient (Wildman–Crippen LogP) is 1.59. The van der Waals surface area contributed by atoms with Crippen molar-refractivity contribution in [2.45, 2.75) is 13.5 Å². The molecular formula is C11H15BrN2O. The average molecular weight is 271 g/mol. The minimum atomic E-state index is 0.00109. The molecule has 0 aliphatic rings. The summed E-state index contributed by atoms with van der Waals surface area (Å²) in [5.41, 5.74) is 2.38. The highest BCUT2D eigenvalue weighted by Gasteiger charge is 1.99. The molecule has 1 aromatic carbocycles. The highest BCUT2D eigenvalue weighted by atomic mass is 79.9. The summed E-state index contributed by atoms with van der Waals surface area (Å²) in [6.45, 7) is 3.10. The Balaban J connectivity index is 2.44. The maximum absolute atomic E-state index is 10.9. The monoisotopic (exact) mass is 270 g/mol. The molecule has 0 bridgehead atoms. The maximum Gasteiger partial charge on any atom is 0.233 e. The van der Waals surface area contributed by atoms with E-state index < -0.39 is 0 Å². The summed E-state index contributed by atoms with van der Waals surface area (Å²) in [4.78, 5) is 10.9. The zero-order valence-electron chi connectivity index (χ0n) is 8.93. The number of amides is 1. The Morgan fingerprint density at radius 1 is 1.47 bits per heavy atom. The molecule has 0 aliphatic carbocycles. The fraction of sp³-hybridized carbons (Fsp3) is 0.364. The van der Waals surface area contributed by atoms with Crippen LogP contribution in [0.3, 0.4) is 0 Å². The van der Waals surface area contributed by atoms with Crippen LogP contribution in [0.5, 0.6) is 0 Å². The van der Waals surface area contributed by atoms with Gasteiger partial charge in [0.25, 0.3) is 0 Å². The standard InChI is InChI=1S/C11H15BrN2O/c1-8-3-4-9(5-10(8)12)6-14-7-11(15)13-2/h3-5,14H,6-7H2,1-2H3,(H,13,15). The van der Waals surface area contributed by atoms with Gasteiger partial charge in [0.05, 0.1) is 6.54 Å². The van der Waals surface area contributed by atoms with Gasteiger partial charge in [0, 0.05) is 18.1 Å². The topological polar surface area (TPSA) is 41.1 Å². The summed E-state index contributed by atoms with van der Waals surface area (Å²) in [6.07, 6.45) is 0. The number of aryl methyl sites for hydroxylation is 1. The van der Waals surface area contributed by atoms with Gasteiger partial charge in [-0.15, -0.1) is 0 Å². The lowest BCUT2D eigenvalue weighted by Gasteiger charge is -2.05. The fourth-order valence-electron chi connectivity index (χ4n) is 1.16. The van der Waals surface area contributed by atoms with Crippen LogP contribution in [0.15, 0.2) is 22.7 Å². The van der Waals surface area contributed by atoms with Crippen molar-refractivity contribution in [3.63, 3.8) is 0 Å². The molecule has 0 unspecified atom stereocenters. The number of halogens is 1. The van der Waals surface area contributed by atoms with Crippen molar-refractivity contribution >= 4 is 21.8 Å². The molecule has 0 heterocycles. The third-order valence-corrected chi connectivity index (χ3v) is 2.98. The van der Waals surface area contributed by atoms with E-state index in [4.69, 9.17) is 0 Å². The van der Waals surface area contributed by atoms with E-state index in [1.807, 2.05) is 6.92 Å². The lowest BCUT2D eigenvalue weighted by atomic mass is 10.1. The Morgan fingerprint density at radius 3 is 2.80 bits per heavy atom. The SMILES string of the molecule is CNC(=O)CNCc1ccc(C)c(Br)c1. The van der Waals surface area contributed by atoms with E-state index in [1.165, 1.54) is 5.56 Å². The molecule has 0 fully saturated rings. The van der Waals surface area contributed by atoms with E-state index in [9.17, 15) is 4.79 Å².